The Hall–Kier alpha value is -1.92. The van der Waals surface area contributed by atoms with Crippen LogP contribution in [0.4, 0.5) is 5.69 Å². The van der Waals surface area contributed by atoms with Gasteiger partial charge in [-0.1, -0.05) is 18.5 Å². The van der Waals surface area contributed by atoms with E-state index in [0.717, 1.165) is 41.4 Å². The number of rotatable bonds is 8. The number of nitrogens with zero attached hydrogens (tertiary/aromatic N) is 2. The number of carbonyl (C=O) groups excluding carboxylic acids is 1. The number of esters is 1. The highest BCUT2D eigenvalue weighted by Gasteiger charge is 2.25. The summed E-state index contributed by atoms with van der Waals surface area (Å²) in [5, 5.41) is 0.641. The molecule has 0 spiro atoms. The standard InChI is InChI=1S/C21H27ClN2O3S/c1-7-8-24(12-28-6)17-11-15(4)23-20(18(17)21(25)26-5)27-19-13(2)9-16(22)10-14(19)3/h9-11H,7-8,12H2,1-6H3. The predicted molar refractivity (Wildman–Crippen MR) is 117 cm³/mol. The molecule has 7 heteroatoms. The fourth-order valence-corrected chi connectivity index (χ4v) is 3.99. The third-order valence-electron chi connectivity index (χ3n) is 4.23. The number of aryl methyl sites for hydroxylation is 3. The highest BCUT2D eigenvalue weighted by atomic mass is 35.5. The Labute approximate surface area is 176 Å². The summed E-state index contributed by atoms with van der Waals surface area (Å²) in [5.41, 5.74) is 3.63. The molecule has 0 bridgehead atoms. The van der Waals surface area contributed by atoms with Crippen molar-refractivity contribution >= 4 is 35.0 Å². The van der Waals surface area contributed by atoms with Crippen molar-refractivity contribution in [3.8, 4) is 11.6 Å². The van der Waals surface area contributed by atoms with Crippen LogP contribution in [0.25, 0.3) is 0 Å². The van der Waals surface area contributed by atoms with E-state index in [1.807, 2.05) is 45.2 Å². The summed E-state index contributed by atoms with van der Waals surface area (Å²) < 4.78 is 11.2. The van der Waals surface area contributed by atoms with Gasteiger partial charge in [0.25, 0.3) is 0 Å². The Morgan fingerprint density at radius 1 is 1.21 bits per heavy atom. The van der Waals surface area contributed by atoms with Gasteiger partial charge in [-0.2, -0.15) is 0 Å². The Morgan fingerprint density at radius 2 is 1.86 bits per heavy atom. The first kappa shape index (κ1) is 22.4. The average molecular weight is 423 g/mol. The topological polar surface area (TPSA) is 51.7 Å². The fourth-order valence-electron chi connectivity index (χ4n) is 3.08. The van der Waals surface area contributed by atoms with Crippen molar-refractivity contribution < 1.29 is 14.3 Å². The number of halogens is 1. The van der Waals surface area contributed by atoms with E-state index in [2.05, 4.69) is 16.8 Å². The van der Waals surface area contributed by atoms with Gasteiger partial charge in [-0.3, -0.25) is 0 Å². The SMILES string of the molecule is CCCN(CSC)c1cc(C)nc(Oc2c(C)cc(Cl)cc2C)c1C(=O)OC. The Kier molecular flexibility index (Phi) is 8.01. The molecule has 2 aromatic rings. The van der Waals surface area contributed by atoms with Crippen LogP contribution in [-0.2, 0) is 4.74 Å². The minimum Gasteiger partial charge on any atom is -0.465 e. The van der Waals surface area contributed by atoms with Crippen LogP contribution in [0, 0.1) is 20.8 Å². The van der Waals surface area contributed by atoms with E-state index in [1.165, 1.54) is 7.11 Å². The largest absolute Gasteiger partial charge is 0.465 e. The summed E-state index contributed by atoms with van der Waals surface area (Å²) in [6.45, 7) is 8.64. The van der Waals surface area contributed by atoms with Crippen LogP contribution >= 0.6 is 23.4 Å². The van der Waals surface area contributed by atoms with E-state index in [0.29, 0.717) is 16.3 Å². The van der Waals surface area contributed by atoms with E-state index in [1.54, 1.807) is 11.8 Å². The van der Waals surface area contributed by atoms with Gasteiger partial charge in [-0.15, -0.1) is 11.8 Å². The van der Waals surface area contributed by atoms with Crippen molar-refractivity contribution in [1.29, 1.82) is 0 Å². The minimum atomic E-state index is -0.469. The number of ether oxygens (including phenoxy) is 2. The molecule has 1 aromatic carbocycles. The van der Waals surface area contributed by atoms with Crippen LogP contribution in [0.2, 0.25) is 5.02 Å². The van der Waals surface area contributed by atoms with Crippen LogP contribution in [0.3, 0.4) is 0 Å². The number of hydrogen-bond donors (Lipinski definition) is 0. The molecule has 2 rings (SSSR count). The molecule has 0 fully saturated rings. The number of anilines is 1. The predicted octanol–water partition coefficient (Wildman–Crippen LogP) is 5.78. The molecule has 0 N–H and O–H groups in total. The molecular formula is C21H27ClN2O3S. The molecule has 0 amide bonds. The second-order valence-corrected chi connectivity index (χ2v) is 7.88. The zero-order chi connectivity index (χ0) is 20.8. The quantitative estimate of drug-likeness (QED) is 0.397. The average Bonchev–Trinajstić information content (AvgIpc) is 2.63. The number of carbonyl (C=O) groups is 1. The molecule has 0 aliphatic carbocycles. The Balaban J connectivity index is 2.65. The van der Waals surface area contributed by atoms with Crippen LogP contribution in [-0.4, -0.2) is 36.7 Å². The van der Waals surface area contributed by atoms with Gasteiger partial charge in [-0.25, -0.2) is 9.78 Å². The zero-order valence-electron chi connectivity index (χ0n) is 17.3. The van der Waals surface area contributed by atoms with Crippen LogP contribution < -0.4 is 9.64 Å². The van der Waals surface area contributed by atoms with Crippen molar-refractivity contribution in [3.63, 3.8) is 0 Å². The van der Waals surface area contributed by atoms with Crippen LogP contribution in [0.1, 0.15) is 40.5 Å². The van der Waals surface area contributed by atoms with E-state index < -0.39 is 5.97 Å². The van der Waals surface area contributed by atoms with Gasteiger partial charge in [0.2, 0.25) is 5.88 Å². The van der Waals surface area contributed by atoms with Crippen LogP contribution in [0.5, 0.6) is 11.6 Å². The highest BCUT2D eigenvalue weighted by Crippen LogP contribution is 2.36. The Morgan fingerprint density at radius 3 is 2.39 bits per heavy atom. The molecule has 0 aliphatic heterocycles. The van der Waals surface area contributed by atoms with E-state index >= 15 is 0 Å². The van der Waals surface area contributed by atoms with Gasteiger partial charge in [0.05, 0.1) is 18.7 Å². The molecule has 152 valence electrons. The molecule has 0 saturated carbocycles. The summed E-state index contributed by atoms with van der Waals surface area (Å²) in [7, 11) is 1.37. The monoisotopic (exact) mass is 422 g/mol. The first-order valence-corrected chi connectivity index (χ1v) is 10.9. The smallest absolute Gasteiger partial charge is 0.345 e. The molecule has 0 unspecified atom stereocenters. The van der Waals surface area contributed by atoms with E-state index in [-0.39, 0.29) is 5.88 Å². The second kappa shape index (κ2) is 10.0. The van der Waals surface area contributed by atoms with Gasteiger partial charge >= 0.3 is 5.97 Å². The van der Waals surface area contributed by atoms with Crippen molar-refractivity contribution in [1.82, 2.24) is 4.98 Å². The van der Waals surface area contributed by atoms with E-state index in [9.17, 15) is 4.79 Å². The number of aromatic nitrogens is 1. The maximum atomic E-state index is 12.7. The molecule has 0 atom stereocenters. The molecule has 0 saturated heterocycles. The lowest BCUT2D eigenvalue weighted by Crippen LogP contribution is -2.26. The molecule has 1 heterocycles. The van der Waals surface area contributed by atoms with Crippen molar-refractivity contribution in [2.45, 2.75) is 34.1 Å². The lowest BCUT2D eigenvalue weighted by molar-refractivity contribution is 0.0597. The third kappa shape index (κ3) is 5.11. The number of thioether (sulfide) groups is 1. The maximum Gasteiger partial charge on any atom is 0.345 e. The normalized spacial score (nSPS) is 10.7. The molecular weight excluding hydrogens is 396 g/mol. The fraction of sp³-hybridized carbons (Fsp3) is 0.429. The third-order valence-corrected chi connectivity index (χ3v) is 5.01. The molecule has 28 heavy (non-hydrogen) atoms. The summed E-state index contributed by atoms with van der Waals surface area (Å²) in [5.74, 6) is 1.17. The summed E-state index contributed by atoms with van der Waals surface area (Å²) in [6.07, 6.45) is 2.99. The first-order valence-electron chi connectivity index (χ1n) is 9.10. The van der Waals surface area contributed by atoms with Crippen molar-refractivity contribution in [3.05, 3.63) is 45.6 Å². The minimum absolute atomic E-state index is 0.248. The highest BCUT2D eigenvalue weighted by molar-refractivity contribution is 7.98. The summed E-state index contributed by atoms with van der Waals surface area (Å²) >= 11 is 7.83. The second-order valence-electron chi connectivity index (χ2n) is 6.61. The number of methoxy groups -OCH3 is 1. The first-order chi connectivity index (χ1) is 13.3. The van der Waals surface area contributed by atoms with Gasteiger partial charge in [0, 0.05) is 17.3 Å². The molecule has 5 nitrogen and oxygen atoms in total. The van der Waals surface area contributed by atoms with Gasteiger partial charge in [-0.05, 0) is 62.8 Å². The van der Waals surface area contributed by atoms with Gasteiger partial charge < -0.3 is 14.4 Å². The van der Waals surface area contributed by atoms with Gasteiger partial charge in [0.1, 0.15) is 11.3 Å². The molecule has 1 aromatic heterocycles. The summed E-state index contributed by atoms with van der Waals surface area (Å²) in [4.78, 5) is 19.4. The van der Waals surface area contributed by atoms with Crippen LogP contribution in [0.15, 0.2) is 18.2 Å². The molecule has 0 aliphatic rings. The molecule has 0 radical (unpaired) electrons. The van der Waals surface area contributed by atoms with Crippen molar-refractivity contribution in [2.75, 3.05) is 30.7 Å². The maximum absolute atomic E-state index is 12.7. The van der Waals surface area contributed by atoms with Gasteiger partial charge in [0.15, 0.2) is 0 Å². The van der Waals surface area contributed by atoms with E-state index in [4.69, 9.17) is 21.1 Å². The number of benzene rings is 1. The lowest BCUT2D eigenvalue weighted by atomic mass is 10.1. The summed E-state index contributed by atoms with van der Waals surface area (Å²) in [6, 6.07) is 5.57. The number of hydrogen-bond acceptors (Lipinski definition) is 6. The number of pyridine rings is 1. The Bertz CT molecular complexity index is 829. The van der Waals surface area contributed by atoms with Crippen molar-refractivity contribution in [2.24, 2.45) is 0 Å². The lowest BCUT2D eigenvalue weighted by Gasteiger charge is -2.26. The zero-order valence-corrected chi connectivity index (χ0v) is 18.8.